The topological polar surface area (TPSA) is 34.1 Å². The van der Waals surface area contributed by atoms with Gasteiger partial charge in [-0.05, 0) is 23.2 Å². The van der Waals surface area contributed by atoms with E-state index in [0.717, 1.165) is 0 Å². The second kappa shape index (κ2) is 5.10. The zero-order valence-electron chi connectivity index (χ0n) is 5.64. The number of hydrogen-bond acceptors (Lipinski definition) is 2. The van der Waals surface area contributed by atoms with Crippen molar-refractivity contribution in [3.63, 3.8) is 0 Å². The number of carbonyl (C=O) groups excluding carboxylic acids is 2. The average Bonchev–Trinajstić information content (AvgIpc) is 1.86. The summed E-state index contributed by atoms with van der Waals surface area (Å²) in [5.74, 6) is 0. The molecule has 0 saturated heterocycles. The number of allylic oxidation sites excluding steroid dienone is 3. The summed E-state index contributed by atoms with van der Waals surface area (Å²) < 4.78 is 0. The van der Waals surface area contributed by atoms with E-state index in [2.05, 4.69) is 6.58 Å². The number of halogens is 2. The Labute approximate surface area is 74.5 Å². The number of rotatable bonds is 4. The van der Waals surface area contributed by atoms with E-state index in [4.69, 9.17) is 23.2 Å². The highest BCUT2D eigenvalue weighted by atomic mass is 35.5. The van der Waals surface area contributed by atoms with Crippen molar-refractivity contribution < 1.29 is 9.59 Å². The lowest BCUT2D eigenvalue weighted by Crippen LogP contribution is -1.97. The summed E-state index contributed by atoms with van der Waals surface area (Å²) in [5, 5.41) is -1.30. The molecule has 0 aliphatic rings. The van der Waals surface area contributed by atoms with Gasteiger partial charge in [0.1, 0.15) is 0 Å². The smallest absolute Gasteiger partial charge is 0.248 e. The molecule has 4 heteroatoms. The molecule has 60 valence electrons. The summed E-state index contributed by atoms with van der Waals surface area (Å²) in [6.45, 7) is 3.35. The SMILES string of the molecule is C=CC=C(CC(=O)Cl)C(=O)Cl. The molecule has 0 unspecified atom stereocenters. The van der Waals surface area contributed by atoms with Gasteiger partial charge in [0.05, 0.1) is 6.42 Å². The highest BCUT2D eigenvalue weighted by Crippen LogP contribution is 2.08. The van der Waals surface area contributed by atoms with Crippen LogP contribution in [0.1, 0.15) is 6.42 Å². The van der Waals surface area contributed by atoms with Gasteiger partial charge < -0.3 is 0 Å². The second-order valence-corrected chi connectivity index (χ2v) is 2.50. The first kappa shape index (κ1) is 10.4. The highest BCUT2D eigenvalue weighted by Gasteiger charge is 2.08. The van der Waals surface area contributed by atoms with E-state index < -0.39 is 10.5 Å². The van der Waals surface area contributed by atoms with Crippen molar-refractivity contribution >= 4 is 33.7 Å². The third-order valence-electron chi connectivity index (χ3n) is 0.901. The zero-order valence-corrected chi connectivity index (χ0v) is 7.15. The van der Waals surface area contributed by atoms with Crippen LogP contribution in [0.2, 0.25) is 0 Å². The first-order chi connectivity index (χ1) is 5.07. The van der Waals surface area contributed by atoms with E-state index in [1.807, 2.05) is 0 Å². The Bertz CT molecular complexity index is 218. The van der Waals surface area contributed by atoms with E-state index in [9.17, 15) is 9.59 Å². The Balaban J connectivity index is 4.35. The summed E-state index contributed by atoms with van der Waals surface area (Å²) in [5.41, 5.74) is 0.154. The summed E-state index contributed by atoms with van der Waals surface area (Å²) >= 11 is 10.1. The first-order valence-corrected chi connectivity index (χ1v) is 3.53. The van der Waals surface area contributed by atoms with E-state index in [-0.39, 0.29) is 12.0 Å². The van der Waals surface area contributed by atoms with E-state index >= 15 is 0 Å². The van der Waals surface area contributed by atoms with Crippen molar-refractivity contribution in [2.45, 2.75) is 6.42 Å². The summed E-state index contributed by atoms with van der Waals surface area (Å²) in [4.78, 5) is 20.8. The van der Waals surface area contributed by atoms with Gasteiger partial charge in [-0.3, -0.25) is 9.59 Å². The molecular formula is C7H6Cl2O2. The maximum Gasteiger partial charge on any atom is 0.248 e. The zero-order chi connectivity index (χ0) is 8.85. The van der Waals surface area contributed by atoms with Crippen molar-refractivity contribution in [2.75, 3.05) is 0 Å². The van der Waals surface area contributed by atoms with Crippen LogP contribution in [0, 0.1) is 0 Å². The Morgan fingerprint density at radius 3 is 2.18 bits per heavy atom. The third kappa shape index (κ3) is 4.76. The normalized spacial score (nSPS) is 10.9. The van der Waals surface area contributed by atoms with Gasteiger partial charge in [0.25, 0.3) is 0 Å². The number of carbonyl (C=O) groups is 2. The monoisotopic (exact) mass is 192 g/mol. The molecule has 0 saturated carbocycles. The minimum Gasteiger partial charge on any atom is -0.281 e. The number of hydrogen-bond donors (Lipinski definition) is 0. The molecule has 0 heterocycles. The lowest BCUT2D eigenvalue weighted by atomic mass is 10.2. The van der Waals surface area contributed by atoms with E-state index in [1.165, 1.54) is 12.2 Å². The predicted molar refractivity (Wildman–Crippen MR) is 44.6 cm³/mol. The van der Waals surface area contributed by atoms with Crippen LogP contribution in [0.15, 0.2) is 24.3 Å². The van der Waals surface area contributed by atoms with Gasteiger partial charge in [-0.25, -0.2) is 0 Å². The Hall–Kier alpha value is -0.600. The molecule has 0 bridgehead atoms. The molecule has 2 nitrogen and oxygen atoms in total. The molecule has 0 spiro atoms. The lowest BCUT2D eigenvalue weighted by molar-refractivity contribution is -0.113. The largest absolute Gasteiger partial charge is 0.281 e. The van der Waals surface area contributed by atoms with E-state index in [1.54, 1.807) is 0 Å². The van der Waals surface area contributed by atoms with Crippen molar-refractivity contribution in [2.24, 2.45) is 0 Å². The van der Waals surface area contributed by atoms with E-state index in [0.29, 0.717) is 0 Å². The molecule has 0 aromatic carbocycles. The molecule has 0 aromatic heterocycles. The summed E-state index contributed by atoms with van der Waals surface area (Å²) in [6, 6.07) is 0. The van der Waals surface area contributed by atoms with Gasteiger partial charge in [0.15, 0.2) is 0 Å². The van der Waals surface area contributed by atoms with Crippen LogP contribution in [0.3, 0.4) is 0 Å². The molecule has 11 heavy (non-hydrogen) atoms. The lowest BCUT2D eigenvalue weighted by Gasteiger charge is -1.93. The minimum atomic E-state index is -0.682. The average molecular weight is 193 g/mol. The molecule has 0 radical (unpaired) electrons. The molecule has 0 aromatic rings. The molecule has 0 N–H and O–H groups in total. The summed E-state index contributed by atoms with van der Waals surface area (Å²) in [6.07, 6.45) is 2.57. The van der Waals surface area contributed by atoms with Crippen LogP contribution < -0.4 is 0 Å². The van der Waals surface area contributed by atoms with Crippen LogP contribution in [-0.4, -0.2) is 10.5 Å². The van der Waals surface area contributed by atoms with Crippen LogP contribution >= 0.6 is 23.2 Å². The highest BCUT2D eigenvalue weighted by molar-refractivity contribution is 6.69. The first-order valence-electron chi connectivity index (χ1n) is 2.77. The molecule has 0 rings (SSSR count). The van der Waals surface area contributed by atoms with Gasteiger partial charge in [-0.2, -0.15) is 0 Å². The van der Waals surface area contributed by atoms with Crippen LogP contribution in [0.5, 0.6) is 0 Å². The fourth-order valence-corrected chi connectivity index (χ4v) is 0.760. The van der Waals surface area contributed by atoms with Crippen LogP contribution in [0.4, 0.5) is 0 Å². The van der Waals surface area contributed by atoms with Gasteiger partial charge in [-0.15, -0.1) is 0 Å². The predicted octanol–water partition coefficient (Wildman–Crippen LogP) is 2.02. The van der Waals surface area contributed by atoms with Crippen molar-refractivity contribution in [3.05, 3.63) is 24.3 Å². The third-order valence-corrected chi connectivity index (χ3v) is 1.28. The maximum absolute atomic E-state index is 10.5. The molecule has 0 fully saturated rings. The van der Waals surface area contributed by atoms with Gasteiger partial charge in [0.2, 0.25) is 10.5 Å². The maximum atomic E-state index is 10.5. The molecule has 0 amide bonds. The molecule has 0 aliphatic heterocycles. The fourth-order valence-electron chi connectivity index (χ4n) is 0.486. The second-order valence-electron chi connectivity index (χ2n) is 1.73. The molecule has 0 aliphatic carbocycles. The van der Waals surface area contributed by atoms with Crippen LogP contribution in [-0.2, 0) is 9.59 Å². The minimum absolute atomic E-state index is 0.154. The van der Waals surface area contributed by atoms with Gasteiger partial charge in [-0.1, -0.05) is 18.7 Å². The summed E-state index contributed by atoms with van der Waals surface area (Å²) in [7, 11) is 0. The fraction of sp³-hybridized carbons (Fsp3) is 0.143. The Kier molecular flexibility index (Phi) is 4.83. The van der Waals surface area contributed by atoms with Gasteiger partial charge >= 0.3 is 0 Å². The van der Waals surface area contributed by atoms with Crippen molar-refractivity contribution in [3.8, 4) is 0 Å². The quantitative estimate of drug-likeness (QED) is 0.388. The van der Waals surface area contributed by atoms with Crippen LogP contribution in [0.25, 0.3) is 0 Å². The Morgan fingerprint density at radius 1 is 1.36 bits per heavy atom. The van der Waals surface area contributed by atoms with Crippen molar-refractivity contribution in [1.29, 1.82) is 0 Å². The standard InChI is InChI=1S/C7H6Cl2O2/c1-2-3-5(7(9)11)4-6(8)10/h2-3H,1,4H2. The molecule has 0 atom stereocenters. The Morgan fingerprint density at radius 2 is 1.91 bits per heavy atom. The van der Waals surface area contributed by atoms with Crippen molar-refractivity contribution in [1.82, 2.24) is 0 Å². The molecular weight excluding hydrogens is 187 g/mol. The van der Waals surface area contributed by atoms with Gasteiger partial charge in [0, 0.05) is 5.57 Å².